The smallest absolute Gasteiger partial charge is 0.338 e. The van der Waals surface area contributed by atoms with Crippen molar-refractivity contribution >= 4 is 11.9 Å². The van der Waals surface area contributed by atoms with Crippen LogP contribution in [-0.2, 0) is 9.53 Å². The van der Waals surface area contributed by atoms with Gasteiger partial charge in [-0.1, -0.05) is 103 Å². The van der Waals surface area contributed by atoms with Crippen LogP contribution >= 0.6 is 0 Å². The number of hydrogen-bond acceptors (Lipinski definition) is 4. The van der Waals surface area contributed by atoms with Crippen LogP contribution in [0.5, 0.6) is 0 Å². The van der Waals surface area contributed by atoms with Crippen molar-refractivity contribution in [3.63, 3.8) is 0 Å². The summed E-state index contributed by atoms with van der Waals surface area (Å²) in [4.78, 5) is 27.3. The third kappa shape index (κ3) is 21.7. The lowest BCUT2D eigenvalue weighted by atomic mass is 10.0. The molecule has 5 nitrogen and oxygen atoms in total. The van der Waals surface area contributed by atoms with Gasteiger partial charge in [-0.25, -0.2) is 4.79 Å². The summed E-state index contributed by atoms with van der Waals surface area (Å²) in [5, 5.41) is 0. The van der Waals surface area contributed by atoms with E-state index in [4.69, 9.17) is 4.74 Å². The molecule has 0 aromatic carbocycles. The zero-order valence-corrected chi connectivity index (χ0v) is 21.9. The highest BCUT2D eigenvalue weighted by molar-refractivity contribution is 5.89. The number of aromatic nitrogens is 1. The fourth-order valence-corrected chi connectivity index (χ4v) is 3.39. The van der Waals surface area contributed by atoms with Crippen molar-refractivity contribution in [1.29, 1.82) is 0 Å². The summed E-state index contributed by atoms with van der Waals surface area (Å²) < 4.78 is 5.28. The van der Waals surface area contributed by atoms with Gasteiger partial charge >= 0.3 is 5.97 Å². The van der Waals surface area contributed by atoms with Crippen molar-refractivity contribution in [3.8, 4) is 0 Å². The summed E-state index contributed by atoms with van der Waals surface area (Å²) >= 11 is 0. The van der Waals surface area contributed by atoms with Crippen molar-refractivity contribution in [2.24, 2.45) is 0 Å². The fraction of sp³-hybridized carbons (Fsp3) is 0.750. The maximum Gasteiger partial charge on any atom is 0.338 e. The second-order valence-corrected chi connectivity index (χ2v) is 9.09. The van der Waals surface area contributed by atoms with E-state index in [9.17, 15) is 9.59 Å². The quantitative estimate of drug-likeness (QED) is 0.166. The molecule has 0 saturated carbocycles. The minimum atomic E-state index is -0.238. The SMILES string of the molecule is CC(=O)N(C)C.CCCCCCCCCCCCCCCCCCOC(=O)c1ccncc1. The fourth-order valence-electron chi connectivity index (χ4n) is 3.39. The van der Waals surface area contributed by atoms with Crippen LogP contribution in [0.25, 0.3) is 0 Å². The van der Waals surface area contributed by atoms with Crippen molar-refractivity contribution in [3.05, 3.63) is 30.1 Å². The van der Waals surface area contributed by atoms with E-state index in [0.717, 1.165) is 12.8 Å². The molecule has 0 bridgehead atoms. The predicted molar refractivity (Wildman–Crippen MR) is 138 cm³/mol. The molecule has 0 fully saturated rings. The van der Waals surface area contributed by atoms with E-state index in [1.807, 2.05) is 0 Å². The van der Waals surface area contributed by atoms with Crippen LogP contribution in [-0.4, -0.2) is 42.5 Å². The molecule has 0 N–H and O–H groups in total. The second-order valence-electron chi connectivity index (χ2n) is 9.09. The average molecular weight is 463 g/mol. The summed E-state index contributed by atoms with van der Waals surface area (Å²) in [6, 6.07) is 3.38. The number of pyridine rings is 1. The molecule has 0 spiro atoms. The number of ether oxygens (including phenoxy) is 1. The van der Waals surface area contributed by atoms with E-state index in [2.05, 4.69) is 11.9 Å². The van der Waals surface area contributed by atoms with E-state index in [0.29, 0.717) is 12.2 Å². The molecule has 0 aliphatic carbocycles. The third-order valence-corrected chi connectivity index (χ3v) is 5.78. The Hall–Kier alpha value is -1.91. The van der Waals surface area contributed by atoms with Crippen molar-refractivity contribution in [1.82, 2.24) is 9.88 Å². The Morgan fingerprint density at radius 2 is 1.09 bits per heavy atom. The highest BCUT2D eigenvalue weighted by atomic mass is 16.5. The molecule has 0 aliphatic rings. The first kappa shape index (κ1) is 31.1. The molecular formula is C28H50N2O3. The monoisotopic (exact) mass is 462 g/mol. The Balaban J connectivity index is 0.00000150. The molecule has 1 heterocycles. The summed E-state index contributed by atoms with van der Waals surface area (Å²) in [5.41, 5.74) is 0.585. The van der Waals surface area contributed by atoms with Gasteiger partial charge in [-0.2, -0.15) is 0 Å². The molecular weight excluding hydrogens is 412 g/mol. The number of esters is 1. The maximum atomic E-state index is 11.8. The van der Waals surface area contributed by atoms with Crippen LogP contribution in [0.2, 0.25) is 0 Å². The Bertz CT molecular complexity index is 576. The van der Waals surface area contributed by atoms with E-state index < -0.39 is 0 Å². The predicted octanol–water partition coefficient (Wildman–Crippen LogP) is 7.59. The third-order valence-electron chi connectivity index (χ3n) is 5.78. The lowest BCUT2D eigenvalue weighted by molar-refractivity contribution is -0.126. The van der Waals surface area contributed by atoms with Crippen molar-refractivity contribution < 1.29 is 14.3 Å². The van der Waals surface area contributed by atoms with E-state index in [1.165, 1.54) is 102 Å². The molecule has 0 atom stereocenters. The van der Waals surface area contributed by atoms with Gasteiger partial charge < -0.3 is 9.64 Å². The molecule has 1 amide bonds. The number of amides is 1. The van der Waals surface area contributed by atoms with Gasteiger partial charge in [-0.15, -0.1) is 0 Å². The Morgan fingerprint density at radius 3 is 1.45 bits per heavy atom. The van der Waals surface area contributed by atoms with Crippen LogP contribution in [0.15, 0.2) is 24.5 Å². The molecule has 0 unspecified atom stereocenters. The first-order chi connectivity index (χ1) is 16.0. The molecule has 0 saturated heterocycles. The van der Waals surface area contributed by atoms with Gasteiger partial charge in [0, 0.05) is 33.4 Å². The number of hydrogen-bond donors (Lipinski definition) is 0. The molecule has 33 heavy (non-hydrogen) atoms. The molecule has 1 aromatic rings. The molecule has 5 heteroatoms. The van der Waals surface area contributed by atoms with Gasteiger partial charge in [0.2, 0.25) is 5.91 Å². The summed E-state index contributed by atoms with van der Waals surface area (Å²) in [5.74, 6) is -0.145. The van der Waals surface area contributed by atoms with Crippen molar-refractivity contribution in [2.75, 3.05) is 20.7 Å². The zero-order chi connectivity index (χ0) is 24.6. The van der Waals surface area contributed by atoms with Crippen LogP contribution in [0.3, 0.4) is 0 Å². The number of carbonyl (C=O) groups is 2. The molecule has 1 rings (SSSR count). The Kier molecular flexibility index (Phi) is 21.9. The average Bonchev–Trinajstić information content (AvgIpc) is 2.81. The normalized spacial score (nSPS) is 10.3. The number of carbonyl (C=O) groups excluding carboxylic acids is 2. The van der Waals surface area contributed by atoms with Crippen LogP contribution in [0.4, 0.5) is 0 Å². The largest absolute Gasteiger partial charge is 0.462 e. The van der Waals surface area contributed by atoms with Gasteiger partial charge in [0.05, 0.1) is 12.2 Å². The van der Waals surface area contributed by atoms with Gasteiger partial charge in [-0.3, -0.25) is 9.78 Å². The lowest BCUT2D eigenvalue weighted by Crippen LogP contribution is -2.17. The van der Waals surface area contributed by atoms with Crippen LogP contribution in [0.1, 0.15) is 127 Å². The second kappa shape index (κ2) is 23.3. The minimum Gasteiger partial charge on any atom is -0.462 e. The molecule has 190 valence electrons. The molecule has 0 radical (unpaired) electrons. The zero-order valence-electron chi connectivity index (χ0n) is 21.9. The Morgan fingerprint density at radius 1 is 0.727 bits per heavy atom. The Labute approximate surface area is 203 Å². The van der Waals surface area contributed by atoms with Crippen molar-refractivity contribution in [2.45, 2.75) is 117 Å². The van der Waals surface area contributed by atoms with E-state index in [-0.39, 0.29) is 11.9 Å². The highest BCUT2D eigenvalue weighted by Crippen LogP contribution is 2.13. The summed E-state index contributed by atoms with van der Waals surface area (Å²) in [7, 11) is 3.45. The molecule has 1 aromatic heterocycles. The van der Waals surface area contributed by atoms with E-state index in [1.54, 1.807) is 38.6 Å². The maximum absolute atomic E-state index is 11.8. The number of unbranched alkanes of at least 4 members (excludes halogenated alkanes) is 15. The first-order valence-electron chi connectivity index (χ1n) is 13.2. The van der Waals surface area contributed by atoms with Crippen LogP contribution < -0.4 is 0 Å². The van der Waals surface area contributed by atoms with Crippen LogP contribution in [0, 0.1) is 0 Å². The van der Waals surface area contributed by atoms with Gasteiger partial charge in [0.1, 0.15) is 0 Å². The van der Waals surface area contributed by atoms with Gasteiger partial charge in [0.25, 0.3) is 0 Å². The topological polar surface area (TPSA) is 59.5 Å². The highest BCUT2D eigenvalue weighted by Gasteiger charge is 2.05. The van der Waals surface area contributed by atoms with Gasteiger partial charge in [-0.05, 0) is 18.6 Å². The summed E-state index contributed by atoms with van der Waals surface area (Å²) in [6.45, 7) is 4.33. The minimum absolute atomic E-state index is 0.0926. The number of nitrogens with zero attached hydrogens (tertiary/aromatic N) is 2. The molecule has 0 aliphatic heterocycles. The first-order valence-corrected chi connectivity index (χ1v) is 13.2. The lowest BCUT2D eigenvalue weighted by Gasteiger charge is -2.05. The van der Waals surface area contributed by atoms with Gasteiger partial charge in [0.15, 0.2) is 0 Å². The van der Waals surface area contributed by atoms with E-state index >= 15 is 0 Å². The standard InChI is InChI=1S/C24H41NO2.C4H9NO/c1-2-3-4-5-6-7-8-9-10-11-12-13-14-15-16-17-22-27-24(26)23-18-20-25-21-19-23;1-4(6)5(2)3/h18-21H,2-17,22H2,1H3;1-3H3. The number of rotatable bonds is 18. The summed E-state index contributed by atoms with van der Waals surface area (Å²) in [6.07, 6.45) is 24.9.